The number of likely N-dealkylation sites (tertiary alicyclic amines) is 1. The Morgan fingerprint density at radius 3 is 2.68 bits per heavy atom. The molecule has 0 aromatic heterocycles. The van der Waals surface area contributed by atoms with E-state index in [9.17, 15) is 4.79 Å². The summed E-state index contributed by atoms with van der Waals surface area (Å²) < 4.78 is 5.15. The van der Waals surface area contributed by atoms with Crippen LogP contribution in [0.3, 0.4) is 0 Å². The van der Waals surface area contributed by atoms with Crippen molar-refractivity contribution in [2.75, 3.05) is 26.2 Å². The molecule has 2 atom stereocenters. The van der Waals surface area contributed by atoms with Gasteiger partial charge in [0.15, 0.2) is 0 Å². The fourth-order valence-corrected chi connectivity index (χ4v) is 2.79. The number of amides is 1. The molecule has 1 N–H and O–H groups in total. The van der Waals surface area contributed by atoms with Crippen molar-refractivity contribution < 1.29 is 9.53 Å². The maximum absolute atomic E-state index is 11.9. The van der Waals surface area contributed by atoms with Crippen LogP contribution in [0.2, 0.25) is 0 Å². The first-order valence-electron chi connectivity index (χ1n) is 7.75. The molecule has 2 aliphatic rings. The van der Waals surface area contributed by atoms with Crippen LogP contribution >= 0.6 is 0 Å². The molecule has 1 saturated carbocycles. The second-order valence-corrected chi connectivity index (χ2v) is 6.39. The fraction of sp³-hybridized carbons (Fsp3) is 0.933. The summed E-state index contributed by atoms with van der Waals surface area (Å²) in [6.07, 6.45) is 3.77. The van der Waals surface area contributed by atoms with E-state index in [1.54, 1.807) is 0 Å². The van der Waals surface area contributed by atoms with Crippen molar-refractivity contribution >= 4 is 6.09 Å². The van der Waals surface area contributed by atoms with E-state index in [2.05, 4.69) is 19.2 Å². The number of hydrogen-bond acceptors (Lipinski definition) is 3. The number of carbonyl (C=O) groups is 1. The highest BCUT2D eigenvalue weighted by Crippen LogP contribution is 2.29. The molecule has 2 fully saturated rings. The number of nitrogens with one attached hydrogen (secondary N) is 1. The zero-order chi connectivity index (χ0) is 13.8. The van der Waals surface area contributed by atoms with E-state index in [1.165, 1.54) is 19.3 Å². The molecule has 19 heavy (non-hydrogen) atoms. The van der Waals surface area contributed by atoms with Crippen molar-refractivity contribution in [3.63, 3.8) is 0 Å². The van der Waals surface area contributed by atoms with Gasteiger partial charge in [-0.15, -0.1) is 0 Å². The molecular weight excluding hydrogens is 240 g/mol. The predicted octanol–water partition coefficient (Wildman–Crippen LogP) is 2.49. The quantitative estimate of drug-likeness (QED) is 0.833. The average molecular weight is 268 g/mol. The average Bonchev–Trinajstić information content (AvgIpc) is 3.20. The molecule has 1 heterocycles. The SMILES string of the molecule is CCOC(=O)N1CC(NCC2CC2)CC(C(C)C)C1. The third kappa shape index (κ3) is 4.37. The minimum absolute atomic E-state index is 0.147. The van der Waals surface area contributed by atoms with Crippen molar-refractivity contribution in [3.8, 4) is 0 Å². The van der Waals surface area contributed by atoms with Crippen LogP contribution in [-0.2, 0) is 4.74 Å². The van der Waals surface area contributed by atoms with Crippen molar-refractivity contribution in [1.29, 1.82) is 0 Å². The predicted molar refractivity (Wildman–Crippen MR) is 76.1 cm³/mol. The number of carbonyl (C=O) groups excluding carboxylic acids is 1. The Balaban J connectivity index is 1.88. The van der Waals surface area contributed by atoms with E-state index >= 15 is 0 Å². The molecular formula is C15H28N2O2. The van der Waals surface area contributed by atoms with Crippen LogP contribution in [0.15, 0.2) is 0 Å². The maximum atomic E-state index is 11.9. The van der Waals surface area contributed by atoms with Crippen LogP contribution in [0.4, 0.5) is 4.79 Å². The summed E-state index contributed by atoms with van der Waals surface area (Å²) in [6, 6.07) is 0.436. The van der Waals surface area contributed by atoms with E-state index in [1.807, 2.05) is 11.8 Å². The van der Waals surface area contributed by atoms with Crippen LogP contribution in [0, 0.1) is 17.8 Å². The van der Waals surface area contributed by atoms with Gasteiger partial charge in [-0.05, 0) is 50.5 Å². The maximum Gasteiger partial charge on any atom is 0.409 e. The largest absolute Gasteiger partial charge is 0.450 e. The summed E-state index contributed by atoms with van der Waals surface area (Å²) in [5.41, 5.74) is 0. The molecule has 1 aliphatic heterocycles. The summed E-state index contributed by atoms with van der Waals surface area (Å²) in [4.78, 5) is 13.8. The van der Waals surface area contributed by atoms with E-state index in [4.69, 9.17) is 4.74 Å². The van der Waals surface area contributed by atoms with Crippen LogP contribution in [0.5, 0.6) is 0 Å². The lowest BCUT2D eigenvalue weighted by Crippen LogP contribution is -2.52. The van der Waals surface area contributed by atoms with Crippen molar-refractivity contribution in [2.45, 2.75) is 46.1 Å². The lowest BCUT2D eigenvalue weighted by molar-refractivity contribution is 0.0703. The minimum Gasteiger partial charge on any atom is -0.450 e. The molecule has 0 aromatic rings. The molecule has 2 rings (SSSR count). The van der Waals surface area contributed by atoms with Crippen molar-refractivity contribution in [2.24, 2.45) is 17.8 Å². The molecule has 0 aromatic carbocycles. The van der Waals surface area contributed by atoms with Gasteiger partial charge < -0.3 is 15.0 Å². The van der Waals surface area contributed by atoms with Gasteiger partial charge in [0.25, 0.3) is 0 Å². The van der Waals surface area contributed by atoms with E-state index in [-0.39, 0.29) is 6.09 Å². The summed E-state index contributed by atoms with van der Waals surface area (Å²) in [6.45, 7) is 9.58. The van der Waals surface area contributed by atoms with E-state index in [0.29, 0.717) is 24.5 Å². The molecule has 0 bridgehead atoms. The first-order chi connectivity index (χ1) is 9.10. The summed E-state index contributed by atoms with van der Waals surface area (Å²) in [5.74, 6) is 2.08. The Morgan fingerprint density at radius 1 is 1.37 bits per heavy atom. The normalized spacial score (nSPS) is 27.7. The third-order valence-corrected chi connectivity index (χ3v) is 4.34. The fourth-order valence-electron chi connectivity index (χ4n) is 2.79. The molecule has 0 radical (unpaired) electrons. The molecule has 1 aliphatic carbocycles. The first-order valence-corrected chi connectivity index (χ1v) is 7.75. The monoisotopic (exact) mass is 268 g/mol. The van der Waals surface area contributed by atoms with Gasteiger partial charge in [-0.25, -0.2) is 4.79 Å². The zero-order valence-electron chi connectivity index (χ0n) is 12.5. The van der Waals surface area contributed by atoms with Gasteiger partial charge in [0.1, 0.15) is 0 Å². The Labute approximate surface area is 116 Å². The van der Waals surface area contributed by atoms with E-state index < -0.39 is 0 Å². The number of piperidine rings is 1. The lowest BCUT2D eigenvalue weighted by Gasteiger charge is -2.39. The molecule has 1 amide bonds. The first kappa shape index (κ1) is 14.6. The highest BCUT2D eigenvalue weighted by Gasteiger charge is 2.33. The topological polar surface area (TPSA) is 41.6 Å². The Kier molecular flexibility index (Phi) is 5.08. The smallest absolute Gasteiger partial charge is 0.409 e. The standard InChI is InChI=1S/C15H28N2O2/c1-4-19-15(18)17-9-13(11(2)3)7-14(10-17)16-8-12-5-6-12/h11-14,16H,4-10H2,1-3H3. The summed E-state index contributed by atoms with van der Waals surface area (Å²) in [7, 11) is 0. The number of ether oxygens (including phenoxy) is 1. The van der Waals surface area contributed by atoms with Gasteiger partial charge in [-0.3, -0.25) is 0 Å². The molecule has 4 heteroatoms. The molecule has 110 valence electrons. The Hall–Kier alpha value is -0.770. The zero-order valence-corrected chi connectivity index (χ0v) is 12.5. The number of nitrogens with zero attached hydrogens (tertiary/aromatic N) is 1. The van der Waals surface area contributed by atoms with Gasteiger partial charge >= 0.3 is 6.09 Å². The molecule has 4 nitrogen and oxygen atoms in total. The third-order valence-electron chi connectivity index (χ3n) is 4.34. The number of hydrogen-bond donors (Lipinski definition) is 1. The Bertz CT molecular complexity index is 303. The van der Waals surface area contributed by atoms with Gasteiger partial charge in [0, 0.05) is 19.1 Å². The van der Waals surface area contributed by atoms with Gasteiger partial charge in [-0.2, -0.15) is 0 Å². The van der Waals surface area contributed by atoms with Gasteiger partial charge in [-0.1, -0.05) is 13.8 Å². The van der Waals surface area contributed by atoms with Gasteiger partial charge in [0.05, 0.1) is 6.61 Å². The van der Waals surface area contributed by atoms with Crippen LogP contribution < -0.4 is 5.32 Å². The van der Waals surface area contributed by atoms with Gasteiger partial charge in [0.2, 0.25) is 0 Å². The van der Waals surface area contributed by atoms with Crippen LogP contribution in [0.25, 0.3) is 0 Å². The summed E-state index contributed by atoms with van der Waals surface area (Å²) >= 11 is 0. The second-order valence-electron chi connectivity index (χ2n) is 6.39. The molecule has 2 unspecified atom stereocenters. The van der Waals surface area contributed by atoms with Crippen LogP contribution in [-0.4, -0.2) is 43.3 Å². The van der Waals surface area contributed by atoms with Crippen molar-refractivity contribution in [3.05, 3.63) is 0 Å². The highest BCUT2D eigenvalue weighted by molar-refractivity contribution is 5.67. The van der Waals surface area contributed by atoms with E-state index in [0.717, 1.165) is 25.6 Å². The van der Waals surface area contributed by atoms with Crippen LogP contribution in [0.1, 0.15) is 40.0 Å². The number of rotatable bonds is 5. The minimum atomic E-state index is -0.147. The lowest BCUT2D eigenvalue weighted by atomic mass is 9.85. The second kappa shape index (κ2) is 6.60. The highest BCUT2D eigenvalue weighted by atomic mass is 16.6. The van der Waals surface area contributed by atoms with Crippen molar-refractivity contribution in [1.82, 2.24) is 10.2 Å². The molecule has 1 saturated heterocycles. The molecule has 0 spiro atoms. The summed E-state index contributed by atoms with van der Waals surface area (Å²) in [5, 5.41) is 3.65. The Morgan fingerprint density at radius 2 is 2.11 bits per heavy atom.